The molecule has 0 aromatic heterocycles. The highest BCUT2D eigenvalue weighted by Crippen LogP contribution is 2.37. The molecule has 0 N–H and O–H groups in total. The summed E-state index contributed by atoms with van der Waals surface area (Å²) in [5.74, 6) is 2.11. The molecule has 0 aliphatic rings. The maximum absolute atomic E-state index is 6.80. The van der Waals surface area contributed by atoms with Crippen LogP contribution in [-0.2, 0) is 11.3 Å². The Kier molecular flexibility index (Phi) is 11.6. The van der Waals surface area contributed by atoms with Gasteiger partial charge in [-0.05, 0) is 30.4 Å². The summed E-state index contributed by atoms with van der Waals surface area (Å²) in [4.78, 5) is 0. The first kappa shape index (κ1) is 27.5. The summed E-state index contributed by atoms with van der Waals surface area (Å²) in [6.07, 6.45) is 3.24. The van der Waals surface area contributed by atoms with E-state index in [4.69, 9.17) is 9.47 Å². The van der Waals surface area contributed by atoms with Crippen molar-refractivity contribution < 1.29 is 26.4 Å². The van der Waals surface area contributed by atoms with Gasteiger partial charge in [0.1, 0.15) is 18.9 Å². The van der Waals surface area contributed by atoms with E-state index < -0.39 is 0 Å². The quantitative estimate of drug-likeness (QED) is 0.265. The first-order valence-corrected chi connectivity index (χ1v) is 11.4. The molecule has 0 fully saturated rings. The Bertz CT molecular complexity index is 719. The van der Waals surface area contributed by atoms with Gasteiger partial charge in [-0.2, -0.15) is 0 Å². The minimum Gasteiger partial charge on any atom is -1.00 e. The Balaban J connectivity index is 0.00000480. The lowest BCUT2D eigenvalue weighted by atomic mass is 9.89. The van der Waals surface area contributed by atoms with E-state index in [-0.39, 0.29) is 18.1 Å². The van der Waals surface area contributed by atoms with E-state index in [2.05, 4.69) is 72.1 Å². The number of hydrogen-bond acceptors (Lipinski definition) is 2. The van der Waals surface area contributed by atoms with Gasteiger partial charge in [-0.3, -0.25) is 4.48 Å². The third-order valence-corrected chi connectivity index (χ3v) is 5.83. The van der Waals surface area contributed by atoms with Gasteiger partial charge in [0.2, 0.25) is 5.72 Å². The number of ether oxygens (including phenoxy) is 2. The minimum atomic E-state index is -0.242. The molecule has 0 bridgehead atoms. The molecular formula is C27H42ClNO2. The fourth-order valence-electron chi connectivity index (χ4n) is 4.20. The Morgan fingerprint density at radius 2 is 1.39 bits per heavy atom. The van der Waals surface area contributed by atoms with E-state index >= 15 is 0 Å². The van der Waals surface area contributed by atoms with Crippen LogP contribution in [0.1, 0.15) is 52.5 Å². The fourth-order valence-corrected chi connectivity index (χ4v) is 4.20. The minimum absolute atomic E-state index is 0. The van der Waals surface area contributed by atoms with Crippen LogP contribution in [0.3, 0.4) is 0 Å². The van der Waals surface area contributed by atoms with Crippen LogP contribution >= 0.6 is 0 Å². The number of quaternary nitrogens is 1. The predicted molar refractivity (Wildman–Crippen MR) is 126 cm³/mol. The van der Waals surface area contributed by atoms with Crippen molar-refractivity contribution in [3.8, 4) is 5.75 Å². The van der Waals surface area contributed by atoms with Crippen LogP contribution in [-0.4, -0.2) is 37.5 Å². The second-order valence-electron chi connectivity index (χ2n) is 9.82. The Labute approximate surface area is 196 Å². The number of rotatable bonds is 13. The van der Waals surface area contributed by atoms with Crippen molar-refractivity contribution in [2.45, 2.75) is 59.2 Å². The van der Waals surface area contributed by atoms with Gasteiger partial charge in [0, 0.05) is 18.4 Å². The van der Waals surface area contributed by atoms with E-state index in [1.165, 1.54) is 5.56 Å². The van der Waals surface area contributed by atoms with E-state index in [1.54, 1.807) is 0 Å². The van der Waals surface area contributed by atoms with Crippen molar-refractivity contribution in [1.29, 1.82) is 0 Å². The zero-order valence-corrected chi connectivity index (χ0v) is 21.1. The zero-order chi connectivity index (χ0) is 22.0. The molecule has 2 aromatic carbocycles. The molecule has 0 aliphatic carbocycles. The lowest BCUT2D eigenvalue weighted by Gasteiger charge is -2.49. The van der Waals surface area contributed by atoms with Gasteiger partial charge in [0.25, 0.3) is 0 Å². The molecule has 0 radical (unpaired) electrons. The average molecular weight is 448 g/mol. The summed E-state index contributed by atoms with van der Waals surface area (Å²) in [5.41, 5.74) is 1.11. The monoisotopic (exact) mass is 447 g/mol. The maximum atomic E-state index is 6.80. The number of nitrogens with zero attached hydrogens (tertiary/aromatic N) is 1. The molecule has 3 nitrogen and oxygen atoms in total. The van der Waals surface area contributed by atoms with Gasteiger partial charge >= 0.3 is 0 Å². The standard InChI is InChI=1S/C27H42NO2.ClH/c1-23(2)17-18-27(21-24(3)4,28(5,6)22-25-13-9-7-10-14-25)30-20-19-29-26-15-11-8-12-16-26;/h7-16,23-24H,17-22H2,1-6H3;1H/q+1;/p-1. The maximum Gasteiger partial charge on any atom is 0.203 e. The summed E-state index contributed by atoms with van der Waals surface area (Å²) in [5, 5.41) is 0. The fraction of sp³-hybridized carbons (Fsp3) is 0.556. The summed E-state index contributed by atoms with van der Waals surface area (Å²) >= 11 is 0. The van der Waals surface area contributed by atoms with Crippen molar-refractivity contribution in [2.75, 3.05) is 27.3 Å². The Morgan fingerprint density at radius 1 is 0.806 bits per heavy atom. The van der Waals surface area contributed by atoms with Crippen LogP contribution in [0.25, 0.3) is 0 Å². The lowest BCUT2D eigenvalue weighted by molar-refractivity contribution is -0.981. The van der Waals surface area contributed by atoms with Gasteiger partial charge in [0.15, 0.2) is 0 Å². The van der Waals surface area contributed by atoms with Crippen LogP contribution in [0.5, 0.6) is 5.75 Å². The molecule has 1 unspecified atom stereocenters. The van der Waals surface area contributed by atoms with Crippen LogP contribution in [0, 0.1) is 11.8 Å². The summed E-state index contributed by atoms with van der Waals surface area (Å²) in [7, 11) is 4.65. The summed E-state index contributed by atoms with van der Waals surface area (Å²) < 4.78 is 13.5. The first-order chi connectivity index (χ1) is 14.2. The second kappa shape index (κ2) is 13.1. The average Bonchev–Trinajstić information content (AvgIpc) is 2.70. The Hall–Kier alpha value is -1.55. The second-order valence-corrected chi connectivity index (χ2v) is 9.82. The Morgan fingerprint density at radius 3 is 1.94 bits per heavy atom. The largest absolute Gasteiger partial charge is 1.00 e. The highest BCUT2D eigenvalue weighted by molar-refractivity contribution is 5.20. The molecule has 4 heteroatoms. The van der Waals surface area contributed by atoms with Crippen LogP contribution < -0.4 is 17.1 Å². The van der Waals surface area contributed by atoms with Crippen LogP contribution in [0.15, 0.2) is 60.7 Å². The van der Waals surface area contributed by atoms with Crippen LogP contribution in [0.4, 0.5) is 0 Å². The molecule has 0 aliphatic heterocycles. The highest BCUT2D eigenvalue weighted by Gasteiger charge is 2.47. The van der Waals surface area contributed by atoms with Crippen molar-refractivity contribution >= 4 is 0 Å². The molecule has 0 saturated heterocycles. The van der Waals surface area contributed by atoms with E-state index in [0.717, 1.165) is 36.0 Å². The molecule has 2 rings (SSSR count). The number of halogens is 1. The molecular weight excluding hydrogens is 406 g/mol. The van der Waals surface area contributed by atoms with E-state index in [9.17, 15) is 0 Å². The highest BCUT2D eigenvalue weighted by atomic mass is 35.5. The van der Waals surface area contributed by atoms with Gasteiger partial charge in [-0.25, -0.2) is 0 Å². The smallest absolute Gasteiger partial charge is 0.203 e. The zero-order valence-electron chi connectivity index (χ0n) is 20.3. The number of hydrogen-bond donors (Lipinski definition) is 0. The molecule has 1 atom stereocenters. The topological polar surface area (TPSA) is 18.5 Å². The predicted octanol–water partition coefficient (Wildman–Crippen LogP) is 3.54. The van der Waals surface area contributed by atoms with Gasteiger partial charge < -0.3 is 21.9 Å². The molecule has 31 heavy (non-hydrogen) atoms. The molecule has 0 heterocycles. The number of benzene rings is 2. The van der Waals surface area contributed by atoms with Gasteiger partial charge in [-0.15, -0.1) is 0 Å². The van der Waals surface area contributed by atoms with Gasteiger partial charge in [0.05, 0.1) is 20.7 Å². The van der Waals surface area contributed by atoms with Crippen molar-refractivity contribution in [1.82, 2.24) is 0 Å². The van der Waals surface area contributed by atoms with Gasteiger partial charge in [-0.1, -0.05) is 76.2 Å². The molecule has 0 amide bonds. The molecule has 0 saturated carbocycles. The summed E-state index contributed by atoms with van der Waals surface area (Å²) in [6.45, 7) is 11.3. The van der Waals surface area contributed by atoms with Crippen molar-refractivity contribution in [3.05, 3.63) is 66.2 Å². The van der Waals surface area contributed by atoms with Crippen molar-refractivity contribution in [2.24, 2.45) is 11.8 Å². The van der Waals surface area contributed by atoms with Crippen molar-refractivity contribution in [3.63, 3.8) is 0 Å². The molecule has 174 valence electrons. The normalized spacial score (nSPS) is 13.7. The lowest BCUT2D eigenvalue weighted by Crippen LogP contribution is -3.00. The van der Waals surface area contributed by atoms with E-state index in [1.807, 2.05) is 30.3 Å². The van der Waals surface area contributed by atoms with E-state index in [0.29, 0.717) is 25.0 Å². The molecule has 2 aromatic rings. The van der Waals surface area contributed by atoms with Crippen LogP contribution in [0.2, 0.25) is 0 Å². The SMILES string of the molecule is CC(C)CCC(CC(C)C)(OCCOc1ccccc1)[N+](C)(C)Cc1ccccc1.[Cl-]. The summed E-state index contributed by atoms with van der Waals surface area (Å²) in [6, 6.07) is 20.8. The third kappa shape index (κ3) is 8.84. The third-order valence-electron chi connectivity index (χ3n) is 5.83. The first-order valence-electron chi connectivity index (χ1n) is 11.4. The molecule has 0 spiro atoms. The number of para-hydroxylation sites is 1.